The molecule has 0 saturated carbocycles. The van der Waals surface area contributed by atoms with Crippen molar-refractivity contribution in [2.24, 2.45) is 0 Å². The standard InChI is InChI=1S/C13H15Cl2N3O3/c14-8-2-1-3-9(12(8)15)17-11(19)7-18-5-4-16-6-10(18)13(20)21/h1-3,10,16H,4-7H2,(H,17,19)(H,20,21). The summed E-state index contributed by atoms with van der Waals surface area (Å²) < 4.78 is 0. The molecule has 1 aromatic carbocycles. The molecule has 0 radical (unpaired) electrons. The maximum Gasteiger partial charge on any atom is 0.322 e. The Hall–Kier alpha value is -1.34. The van der Waals surface area contributed by atoms with E-state index in [1.54, 1.807) is 23.1 Å². The molecule has 3 N–H and O–H groups in total. The maximum absolute atomic E-state index is 12.0. The number of anilines is 1. The summed E-state index contributed by atoms with van der Waals surface area (Å²) >= 11 is 11.9. The van der Waals surface area contributed by atoms with Crippen LogP contribution in [-0.2, 0) is 9.59 Å². The van der Waals surface area contributed by atoms with Crippen molar-refractivity contribution in [1.29, 1.82) is 0 Å². The smallest absolute Gasteiger partial charge is 0.322 e. The lowest BCUT2D eigenvalue weighted by Gasteiger charge is -2.32. The number of benzene rings is 1. The lowest BCUT2D eigenvalue weighted by atomic mass is 10.2. The molecule has 1 aliphatic rings. The van der Waals surface area contributed by atoms with Crippen molar-refractivity contribution in [2.45, 2.75) is 6.04 Å². The first-order valence-corrected chi connectivity index (χ1v) is 7.16. The monoisotopic (exact) mass is 331 g/mol. The highest BCUT2D eigenvalue weighted by atomic mass is 35.5. The third-order valence-corrected chi connectivity index (χ3v) is 4.03. The van der Waals surface area contributed by atoms with Crippen LogP contribution in [0, 0.1) is 0 Å². The van der Waals surface area contributed by atoms with Gasteiger partial charge in [0.1, 0.15) is 6.04 Å². The minimum atomic E-state index is -0.948. The molecule has 114 valence electrons. The van der Waals surface area contributed by atoms with Gasteiger partial charge in [0.2, 0.25) is 5.91 Å². The van der Waals surface area contributed by atoms with Crippen LogP contribution >= 0.6 is 23.2 Å². The van der Waals surface area contributed by atoms with Crippen molar-refractivity contribution in [3.05, 3.63) is 28.2 Å². The molecule has 0 spiro atoms. The van der Waals surface area contributed by atoms with Crippen LogP contribution in [0.5, 0.6) is 0 Å². The predicted octanol–water partition coefficient (Wildman–Crippen LogP) is 1.29. The topological polar surface area (TPSA) is 81.7 Å². The molecule has 1 saturated heterocycles. The van der Waals surface area contributed by atoms with Gasteiger partial charge in [-0.05, 0) is 12.1 Å². The van der Waals surface area contributed by atoms with Gasteiger partial charge >= 0.3 is 5.97 Å². The average Bonchev–Trinajstić information content (AvgIpc) is 2.44. The van der Waals surface area contributed by atoms with Crippen molar-refractivity contribution in [3.8, 4) is 0 Å². The zero-order chi connectivity index (χ0) is 15.4. The van der Waals surface area contributed by atoms with Crippen molar-refractivity contribution < 1.29 is 14.7 Å². The van der Waals surface area contributed by atoms with E-state index in [4.69, 9.17) is 28.3 Å². The van der Waals surface area contributed by atoms with Crippen molar-refractivity contribution in [2.75, 3.05) is 31.5 Å². The van der Waals surface area contributed by atoms with Crippen LogP contribution in [0.1, 0.15) is 0 Å². The van der Waals surface area contributed by atoms with Gasteiger partial charge in [0.05, 0.1) is 22.3 Å². The number of rotatable bonds is 4. The Morgan fingerprint density at radius 2 is 2.19 bits per heavy atom. The fourth-order valence-corrected chi connectivity index (χ4v) is 2.50. The number of carbonyl (C=O) groups is 2. The molecule has 2 rings (SSSR count). The molecule has 8 heteroatoms. The number of nitrogens with zero attached hydrogens (tertiary/aromatic N) is 1. The van der Waals surface area contributed by atoms with Gasteiger partial charge in [-0.25, -0.2) is 0 Å². The number of amides is 1. The summed E-state index contributed by atoms with van der Waals surface area (Å²) in [5.41, 5.74) is 0.413. The zero-order valence-electron chi connectivity index (χ0n) is 11.1. The Balaban J connectivity index is 2.00. The number of piperazine rings is 1. The second-order valence-corrected chi connectivity index (χ2v) is 5.46. The Morgan fingerprint density at radius 3 is 2.90 bits per heavy atom. The largest absolute Gasteiger partial charge is 0.480 e. The van der Waals surface area contributed by atoms with Gasteiger partial charge in [-0.1, -0.05) is 29.3 Å². The Kier molecular flexibility index (Phi) is 5.41. The molecule has 1 heterocycles. The molecule has 1 aliphatic heterocycles. The third kappa shape index (κ3) is 4.07. The Labute approximate surface area is 132 Å². The molecule has 1 aromatic rings. The molecular formula is C13H15Cl2N3O3. The van der Waals surface area contributed by atoms with Gasteiger partial charge in [-0.15, -0.1) is 0 Å². The van der Waals surface area contributed by atoms with E-state index in [0.717, 1.165) is 0 Å². The second kappa shape index (κ2) is 7.09. The lowest BCUT2D eigenvalue weighted by Crippen LogP contribution is -2.56. The molecule has 21 heavy (non-hydrogen) atoms. The number of halogens is 2. The summed E-state index contributed by atoms with van der Waals surface area (Å²) in [5.74, 6) is -1.27. The Morgan fingerprint density at radius 1 is 1.43 bits per heavy atom. The van der Waals surface area contributed by atoms with E-state index in [1.807, 2.05) is 0 Å². The number of nitrogens with one attached hydrogen (secondary N) is 2. The lowest BCUT2D eigenvalue weighted by molar-refractivity contribution is -0.144. The number of hydrogen-bond acceptors (Lipinski definition) is 4. The summed E-state index contributed by atoms with van der Waals surface area (Å²) in [6, 6.07) is 4.23. The number of aliphatic carboxylic acids is 1. The minimum absolute atomic E-state index is 0.0124. The number of carbonyl (C=O) groups excluding carboxylic acids is 1. The second-order valence-electron chi connectivity index (χ2n) is 4.68. The van der Waals surface area contributed by atoms with Crippen LogP contribution in [-0.4, -0.2) is 54.1 Å². The van der Waals surface area contributed by atoms with Gasteiger partial charge in [0.15, 0.2) is 0 Å². The Bertz CT molecular complexity index is 553. The van der Waals surface area contributed by atoms with E-state index in [0.29, 0.717) is 30.3 Å². The maximum atomic E-state index is 12.0. The molecule has 0 aromatic heterocycles. The van der Waals surface area contributed by atoms with Gasteiger partial charge < -0.3 is 15.7 Å². The van der Waals surface area contributed by atoms with Gasteiger partial charge in [-0.3, -0.25) is 14.5 Å². The van der Waals surface area contributed by atoms with E-state index in [9.17, 15) is 9.59 Å². The molecular weight excluding hydrogens is 317 g/mol. The van der Waals surface area contributed by atoms with Crippen molar-refractivity contribution in [3.63, 3.8) is 0 Å². The van der Waals surface area contributed by atoms with Gasteiger partial charge in [0.25, 0.3) is 0 Å². The van der Waals surface area contributed by atoms with E-state index >= 15 is 0 Å². The van der Waals surface area contributed by atoms with Crippen molar-refractivity contribution >= 4 is 40.8 Å². The molecule has 0 aliphatic carbocycles. The highest BCUT2D eigenvalue weighted by Crippen LogP contribution is 2.29. The summed E-state index contributed by atoms with van der Waals surface area (Å²) in [6.07, 6.45) is 0. The first-order chi connectivity index (χ1) is 9.99. The molecule has 0 bridgehead atoms. The molecule has 6 nitrogen and oxygen atoms in total. The van der Waals surface area contributed by atoms with E-state index in [2.05, 4.69) is 10.6 Å². The molecule has 1 atom stereocenters. The van der Waals surface area contributed by atoms with Crippen LogP contribution in [0.3, 0.4) is 0 Å². The summed E-state index contributed by atoms with van der Waals surface area (Å²) in [6.45, 7) is 1.45. The van der Waals surface area contributed by atoms with Crippen LogP contribution in [0.4, 0.5) is 5.69 Å². The highest BCUT2D eigenvalue weighted by molar-refractivity contribution is 6.44. The van der Waals surface area contributed by atoms with E-state index in [1.165, 1.54) is 0 Å². The molecule has 1 amide bonds. The minimum Gasteiger partial charge on any atom is -0.480 e. The normalized spacial score (nSPS) is 19.2. The van der Waals surface area contributed by atoms with E-state index < -0.39 is 12.0 Å². The fraction of sp³-hybridized carbons (Fsp3) is 0.385. The first kappa shape index (κ1) is 16.0. The number of hydrogen-bond donors (Lipinski definition) is 3. The van der Waals surface area contributed by atoms with E-state index in [-0.39, 0.29) is 17.5 Å². The molecule has 1 fully saturated rings. The molecule has 1 unspecified atom stereocenters. The third-order valence-electron chi connectivity index (χ3n) is 3.21. The summed E-state index contributed by atoms with van der Waals surface area (Å²) in [5, 5.41) is 15.4. The van der Waals surface area contributed by atoms with Crippen LogP contribution in [0.15, 0.2) is 18.2 Å². The van der Waals surface area contributed by atoms with Gasteiger partial charge in [0, 0.05) is 19.6 Å². The fourth-order valence-electron chi connectivity index (χ4n) is 2.15. The van der Waals surface area contributed by atoms with Crippen molar-refractivity contribution in [1.82, 2.24) is 10.2 Å². The number of carboxylic acid groups (broad SMARTS) is 1. The first-order valence-electron chi connectivity index (χ1n) is 6.40. The van der Waals surface area contributed by atoms with Crippen LogP contribution < -0.4 is 10.6 Å². The summed E-state index contributed by atoms with van der Waals surface area (Å²) in [7, 11) is 0. The summed E-state index contributed by atoms with van der Waals surface area (Å²) in [4.78, 5) is 24.8. The van der Waals surface area contributed by atoms with Gasteiger partial charge in [-0.2, -0.15) is 0 Å². The quantitative estimate of drug-likeness (QED) is 0.774. The SMILES string of the molecule is O=C(CN1CCNCC1C(=O)O)Nc1cccc(Cl)c1Cl. The van der Waals surface area contributed by atoms with Crippen LogP contribution in [0.25, 0.3) is 0 Å². The number of carboxylic acids is 1. The predicted molar refractivity (Wildman–Crippen MR) is 81.0 cm³/mol. The van der Waals surface area contributed by atoms with Crippen LogP contribution in [0.2, 0.25) is 10.0 Å². The average molecular weight is 332 g/mol. The zero-order valence-corrected chi connectivity index (χ0v) is 12.6. The highest BCUT2D eigenvalue weighted by Gasteiger charge is 2.29.